The second kappa shape index (κ2) is 7.91. The molecule has 8 heteroatoms. The summed E-state index contributed by atoms with van der Waals surface area (Å²) in [6.07, 6.45) is 1.09. The maximum Gasteiger partial charge on any atom is 0.278 e. The Bertz CT molecular complexity index is 833. The maximum atomic E-state index is 11.7. The van der Waals surface area contributed by atoms with E-state index in [9.17, 15) is 20.0 Å². The van der Waals surface area contributed by atoms with Crippen molar-refractivity contribution in [1.82, 2.24) is 5.43 Å². The van der Waals surface area contributed by atoms with E-state index in [-0.39, 0.29) is 23.6 Å². The van der Waals surface area contributed by atoms with Crippen LogP contribution >= 0.6 is 0 Å². The molecular weight excluding hydrogens is 326 g/mol. The van der Waals surface area contributed by atoms with E-state index in [1.54, 1.807) is 6.07 Å². The van der Waals surface area contributed by atoms with E-state index in [2.05, 4.69) is 10.5 Å². The van der Waals surface area contributed by atoms with Crippen LogP contribution < -0.4 is 10.2 Å². The first-order valence-electron chi connectivity index (χ1n) is 7.36. The summed E-state index contributed by atoms with van der Waals surface area (Å²) < 4.78 is 5.35. The summed E-state index contributed by atoms with van der Waals surface area (Å²) in [5, 5.41) is 23.9. The van der Waals surface area contributed by atoms with E-state index in [4.69, 9.17) is 4.74 Å². The molecule has 2 aromatic carbocycles. The Morgan fingerprint density at radius 1 is 1.28 bits per heavy atom. The highest BCUT2D eigenvalue weighted by atomic mass is 16.6. The lowest BCUT2D eigenvalue weighted by molar-refractivity contribution is -0.385. The van der Waals surface area contributed by atoms with Crippen molar-refractivity contribution in [2.75, 3.05) is 6.61 Å². The van der Waals surface area contributed by atoms with E-state index < -0.39 is 10.8 Å². The standard InChI is InChI=1S/C17H17N3O5/c1-11-3-5-15(7-12(11)2)25-10-17(22)19-18-9-13-8-14(21)4-6-16(13)20(23)24/h3-9,21H,10H2,1-2H3,(H,19,22). The molecule has 25 heavy (non-hydrogen) atoms. The Labute approximate surface area is 143 Å². The first-order valence-corrected chi connectivity index (χ1v) is 7.36. The monoisotopic (exact) mass is 343 g/mol. The number of amides is 1. The second-order valence-corrected chi connectivity index (χ2v) is 5.33. The van der Waals surface area contributed by atoms with Crippen LogP contribution in [0.2, 0.25) is 0 Å². The van der Waals surface area contributed by atoms with E-state index in [0.717, 1.165) is 23.4 Å². The molecule has 0 bridgehead atoms. The summed E-state index contributed by atoms with van der Waals surface area (Å²) in [5.74, 6) is -0.0976. The molecule has 0 saturated carbocycles. The van der Waals surface area contributed by atoms with Gasteiger partial charge in [0.1, 0.15) is 11.5 Å². The number of carbonyl (C=O) groups is 1. The molecule has 1 amide bonds. The lowest BCUT2D eigenvalue weighted by Crippen LogP contribution is -2.24. The Hall–Kier alpha value is -3.42. The summed E-state index contributed by atoms with van der Waals surface area (Å²) in [4.78, 5) is 22.0. The topological polar surface area (TPSA) is 114 Å². The van der Waals surface area contributed by atoms with Crippen LogP contribution in [-0.2, 0) is 4.79 Å². The highest BCUT2D eigenvalue weighted by molar-refractivity contribution is 5.87. The Balaban J connectivity index is 1.93. The fourth-order valence-corrected chi connectivity index (χ4v) is 1.97. The third-order valence-corrected chi connectivity index (χ3v) is 3.45. The minimum atomic E-state index is -0.606. The van der Waals surface area contributed by atoms with Gasteiger partial charge in [0.2, 0.25) is 0 Å². The number of hydrazone groups is 1. The summed E-state index contributed by atoms with van der Waals surface area (Å²) in [7, 11) is 0. The Kier molecular flexibility index (Phi) is 5.67. The molecule has 0 spiro atoms. The van der Waals surface area contributed by atoms with Gasteiger partial charge >= 0.3 is 0 Å². The van der Waals surface area contributed by atoms with E-state index in [1.165, 1.54) is 12.1 Å². The third kappa shape index (κ3) is 5.03. The summed E-state index contributed by atoms with van der Waals surface area (Å²) in [6, 6.07) is 9.00. The van der Waals surface area contributed by atoms with Crippen molar-refractivity contribution in [3.63, 3.8) is 0 Å². The van der Waals surface area contributed by atoms with E-state index >= 15 is 0 Å². The van der Waals surface area contributed by atoms with Crippen LogP contribution in [0.1, 0.15) is 16.7 Å². The fourth-order valence-electron chi connectivity index (χ4n) is 1.97. The van der Waals surface area contributed by atoms with Crippen LogP contribution in [0.3, 0.4) is 0 Å². The number of carbonyl (C=O) groups excluding carboxylic acids is 1. The Morgan fingerprint density at radius 3 is 2.72 bits per heavy atom. The van der Waals surface area contributed by atoms with Crippen molar-refractivity contribution in [3.8, 4) is 11.5 Å². The van der Waals surface area contributed by atoms with Crippen LogP contribution in [0, 0.1) is 24.0 Å². The van der Waals surface area contributed by atoms with Crippen molar-refractivity contribution in [2.45, 2.75) is 13.8 Å². The van der Waals surface area contributed by atoms with Crippen molar-refractivity contribution in [2.24, 2.45) is 5.10 Å². The largest absolute Gasteiger partial charge is 0.508 e. The van der Waals surface area contributed by atoms with E-state index in [1.807, 2.05) is 26.0 Å². The number of nitrogens with zero attached hydrogens (tertiary/aromatic N) is 2. The molecule has 0 atom stereocenters. The normalized spacial score (nSPS) is 10.6. The molecule has 0 saturated heterocycles. The molecule has 2 aromatic rings. The highest BCUT2D eigenvalue weighted by Crippen LogP contribution is 2.21. The molecule has 2 rings (SSSR count). The van der Waals surface area contributed by atoms with E-state index in [0.29, 0.717) is 5.75 Å². The van der Waals surface area contributed by atoms with Gasteiger partial charge in [-0.05, 0) is 49.2 Å². The molecule has 0 unspecified atom stereocenters. The van der Waals surface area contributed by atoms with Crippen molar-refractivity contribution in [1.29, 1.82) is 0 Å². The lowest BCUT2D eigenvalue weighted by Gasteiger charge is -2.07. The number of phenolic OH excluding ortho intramolecular Hbond substituents is 1. The van der Waals surface area contributed by atoms with Gasteiger partial charge in [0.15, 0.2) is 6.61 Å². The molecule has 2 N–H and O–H groups in total. The van der Waals surface area contributed by atoms with Crippen LogP contribution in [0.15, 0.2) is 41.5 Å². The van der Waals surface area contributed by atoms with Crippen LogP contribution in [0.5, 0.6) is 11.5 Å². The zero-order valence-electron chi connectivity index (χ0n) is 13.7. The molecule has 130 valence electrons. The maximum absolute atomic E-state index is 11.7. The van der Waals surface area contributed by atoms with Gasteiger partial charge in [0.05, 0.1) is 16.7 Å². The average molecular weight is 343 g/mol. The van der Waals surface area contributed by atoms with Gasteiger partial charge in [-0.2, -0.15) is 5.10 Å². The smallest absolute Gasteiger partial charge is 0.278 e. The number of nitro groups is 1. The summed E-state index contributed by atoms with van der Waals surface area (Å²) in [6.45, 7) is 3.66. The van der Waals surface area contributed by atoms with Gasteiger partial charge in [0, 0.05) is 6.07 Å². The van der Waals surface area contributed by atoms with Crippen molar-refractivity contribution < 1.29 is 19.6 Å². The predicted octanol–water partition coefficient (Wildman–Crippen LogP) is 2.45. The number of nitro benzene ring substituents is 1. The van der Waals surface area contributed by atoms with Gasteiger partial charge < -0.3 is 9.84 Å². The van der Waals surface area contributed by atoms with Crippen LogP contribution in [-0.4, -0.2) is 28.8 Å². The average Bonchev–Trinajstić information content (AvgIpc) is 2.56. The molecule has 0 fully saturated rings. The molecular formula is C17H17N3O5. The minimum absolute atomic E-state index is 0.0698. The zero-order chi connectivity index (χ0) is 18.4. The summed E-state index contributed by atoms with van der Waals surface area (Å²) >= 11 is 0. The number of aryl methyl sites for hydroxylation is 2. The van der Waals surface area contributed by atoms with Crippen LogP contribution in [0.25, 0.3) is 0 Å². The lowest BCUT2D eigenvalue weighted by atomic mass is 10.1. The van der Waals surface area contributed by atoms with Gasteiger partial charge in [-0.15, -0.1) is 0 Å². The summed E-state index contributed by atoms with van der Waals surface area (Å²) in [5.41, 5.74) is 4.22. The predicted molar refractivity (Wildman–Crippen MR) is 91.9 cm³/mol. The fraction of sp³-hybridized carbons (Fsp3) is 0.176. The number of ether oxygens (including phenoxy) is 1. The molecule has 8 nitrogen and oxygen atoms in total. The van der Waals surface area contributed by atoms with Gasteiger partial charge in [-0.3, -0.25) is 14.9 Å². The highest BCUT2D eigenvalue weighted by Gasteiger charge is 2.12. The first-order chi connectivity index (χ1) is 11.9. The molecule has 0 aromatic heterocycles. The number of nitrogens with one attached hydrogen (secondary N) is 1. The molecule has 0 aliphatic carbocycles. The van der Waals surface area contributed by atoms with Gasteiger partial charge in [-0.1, -0.05) is 6.07 Å². The molecule has 0 aliphatic heterocycles. The number of phenols is 1. The minimum Gasteiger partial charge on any atom is -0.508 e. The van der Waals surface area contributed by atoms with Crippen molar-refractivity contribution in [3.05, 3.63) is 63.2 Å². The van der Waals surface area contributed by atoms with Gasteiger partial charge in [-0.25, -0.2) is 5.43 Å². The molecule has 0 radical (unpaired) electrons. The van der Waals surface area contributed by atoms with Crippen molar-refractivity contribution >= 4 is 17.8 Å². The SMILES string of the molecule is Cc1ccc(OCC(=O)NN=Cc2cc(O)ccc2[N+](=O)[O-])cc1C. The second-order valence-electron chi connectivity index (χ2n) is 5.33. The van der Waals surface area contributed by atoms with Gasteiger partial charge in [0.25, 0.3) is 11.6 Å². The Morgan fingerprint density at radius 2 is 2.04 bits per heavy atom. The number of benzene rings is 2. The quantitative estimate of drug-likeness (QED) is 0.475. The number of hydrogen-bond acceptors (Lipinski definition) is 6. The van der Waals surface area contributed by atoms with Crippen LogP contribution in [0.4, 0.5) is 5.69 Å². The molecule has 0 aliphatic rings. The first kappa shape index (κ1) is 17.9. The number of rotatable bonds is 6. The number of aromatic hydroxyl groups is 1. The number of hydrogen-bond donors (Lipinski definition) is 2. The molecule has 0 heterocycles. The zero-order valence-corrected chi connectivity index (χ0v) is 13.7. The third-order valence-electron chi connectivity index (χ3n) is 3.45.